The van der Waals surface area contributed by atoms with Crippen molar-refractivity contribution in [1.82, 2.24) is 15.6 Å². The van der Waals surface area contributed by atoms with Crippen molar-refractivity contribution in [2.24, 2.45) is 0 Å². The number of aromatic amines is 1. The average molecular weight is 393 g/mol. The molecular formula is C23H27N3O3. The van der Waals surface area contributed by atoms with Gasteiger partial charge in [-0.1, -0.05) is 48.5 Å². The number of H-pyrrole nitrogens is 1. The Labute approximate surface area is 170 Å². The number of hydrogen-bond acceptors (Lipinski definition) is 3. The summed E-state index contributed by atoms with van der Waals surface area (Å²) in [4.78, 5) is 27.1. The maximum atomic E-state index is 12.3. The van der Waals surface area contributed by atoms with Gasteiger partial charge in [-0.3, -0.25) is 4.79 Å². The number of aliphatic carboxylic acids is 1. The molecule has 1 aromatic heterocycles. The molecule has 0 saturated carbocycles. The minimum Gasteiger partial charge on any atom is -0.480 e. The molecule has 29 heavy (non-hydrogen) atoms. The molecule has 0 spiro atoms. The Balaban J connectivity index is 1.48. The quantitative estimate of drug-likeness (QED) is 0.426. The molecule has 3 rings (SSSR count). The number of para-hydroxylation sites is 1. The topological polar surface area (TPSA) is 94.2 Å². The van der Waals surface area contributed by atoms with Crippen LogP contribution in [-0.2, 0) is 22.4 Å². The third-order valence-corrected chi connectivity index (χ3v) is 5.05. The SMILES string of the molecule is CC(CCc1ccccc1)NCC(=O)N[C@@H](Cc1c[nH]c2ccccc12)C(=O)O. The number of aromatic nitrogens is 1. The van der Waals surface area contributed by atoms with E-state index in [1.165, 1.54) is 5.56 Å². The highest BCUT2D eigenvalue weighted by molar-refractivity contribution is 5.87. The number of amides is 1. The van der Waals surface area contributed by atoms with E-state index in [0.717, 1.165) is 29.3 Å². The monoisotopic (exact) mass is 393 g/mol. The molecule has 0 bridgehead atoms. The summed E-state index contributed by atoms with van der Waals surface area (Å²) in [6.45, 7) is 2.12. The van der Waals surface area contributed by atoms with Crippen LogP contribution in [0.25, 0.3) is 10.9 Å². The molecule has 3 aromatic rings. The maximum absolute atomic E-state index is 12.3. The summed E-state index contributed by atoms with van der Waals surface area (Å²) in [5.41, 5.74) is 3.08. The fourth-order valence-corrected chi connectivity index (χ4v) is 3.36. The second-order valence-electron chi connectivity index (χ2n) is 7.33. The van der Waals surface area contributed by atoms with Crippen molar-refractivity contribution in [3.05, 3.63) is 71.9 Å². The molecule has 152 valence electrons. The third kappa shape index (κ3) is 5.93. The fourth-order valence-electron chi connectivity index (χ4n) is 3.36. The minimum absolute atomic E-state index is 0.0909. The number of carbonyl (C=O) groups is 2. The predicted octanol–water partition coefficient (Wildman–Crippen LogP) is 2.89. The number of nitrogens with one attached hydrogen (secondary N) is 3. The molecule has 0 aliphatic rings. The molecule has 1 heterocycles. The number of rotatable bonds is 10. The van der Waals surface area contributed by atoms with Crippen LogP contribution in [0.15, 0.2) is 60.8 Å². The Morgan fingerprint density at radius 3 is 2.55 bits per heavy atom. The van der Waals surface area contributed by atoms with E-state index >= 15 is 0 Å². The molecular weight excluding hydrogens is 366 g/mol. The van der Waals surface area contributed by atoms with E-state index in [4.69, 9.17) is 0 Å². The second-order valence-corrected chi connectivity index (χ2v) is 7.33. The maximum Gasteiger partial charge on any atom is 0.326 e. The smallest absolute Gasteiger partial charge is 0.326 e. The van der Waals surface area contributed by atoms with Crippen LogP contribution in [0.2, 0.25) is 0 Å². The highest BCUT2D eigenvalue weighted by Crippen LogP contribution is 2.19. The van der Waals surface area contributed by atoms with Crippen LogP contribution in [-0.4, -0.2) is 40.6 Å². The number of carbonyl (C=O) groups excluding carboxylic acids is 1. The van der Waals surface area contributed by atoms with Gasteiger partial charge in [-0.05, 0) is 37.0 Å². The number of aryl methyl sites for hydroxylation is 1. The van der Waals surface area contributed by atoms with E-state index in [0.29, 0.717) is 0 Å². The summed E-state index contributed by atoms with van der Waals surface area (Å²) in [7, 11) is 0. The van der Waals surface area contributed by atoms with Gasteiger partial charge in [-0.15, -0.1) is 0 Å². The Kier molecular flexibility index (Phi) is 7.03. The standard InChI is InChI=1S/C23H27N3O3/c1-16(11-12-17-7-3-2-4-8-17)24-15-22(27)26-21(23(28)29)13-18-14-25-20-10-6-5-9-19(18)20/h2-10,14,16,21,24-25H,11-13,15H2,1H3,(H,26,27)(H,28,29)/t16?,21-/m0/s1. The predicted molar refractivity (Wildman–Crippen MR) is 114 cm³/mol. The summed E-state index contributed by atoms with van der Waals surface area (Å²) in [5.74, 6) is -1.36. The van der Waals surface area contributed by atoms with Crippen molar-refractivity contribution in [2.45, 2.75) is 38.3 Å². The largest absolute Gasteiger partial charge is 0.480 e. The minimum atomic E-state index is -1.04. The van der Waals surface area contributed by atoms with Crippen LogP contribution in [0.3, 0.4) is 0 Å². The zero-order chi connectivity index (χ0) is 20.6. The normalized spacial score (nSPS) is 13.1. The Hall–Kier alpha value is -3.12. The lowest BCUT2D eigenvalue weighted by Crippen LogP contribution is -2.47. The molecule has 6 nitrogen and oxygen atoms in total. The summed E-state index contributed by atoms with van der Waals surface area (Å²) in [6, 6.07) is 17.1. The van der Waals surface area contributed by atoms with Crippen LogP contribution in [0.4, 0.5) is 0 Å². The van der Waals surface area contributed by atoms with Crippen molar-refractivity contribution in [2.75, 3.05) is 6.54 Å². The molecule has 0 aliphatic carbocycles. The van der Waals surface area contributed by atoms with Gasteiger partial charge in [0.1, 0.15) is 6.04 Å². The molecule has 2 aromatic carbocycles. The average Bonchev–Trinajstić information content (AvgIpc) is 3.14. The van der Waals surface area contributed by atoms with Gasteiger partial charge in [0.25, 0.3) is 0 Å². The van der Waals surface area contributed by atoms with Crippen LogP contribution < -0.4 is 10.6 Å². The van der Waals surface area contributed by atoms with Crippen molar-refractivity contribution >= 4 is 22.8 Å². The van der Waals surface area contributed by atoms with Gasteiger partial charge in [0.05, 0.1) is 6.54 Å². The second kappa shape index (κ2) is 9.89. The summed E-state index contributed by atoms with van der Waals surface area (Å²) in [6.07, 6.45) is 3.86. The molecule has 0 fully saturated rings. The zero-order valence-electron chi connectivity index (χ0n) is 16.5. The third-order valence-electron chi connectivity index (χ3n) is 5.05. The van der Waals surface area contributed by atoms with Crippen LogP contribution in [0, 0.1) is 0 Å². The fraction of sp³-hybridized carbons (Fsp3) is 0.304. The summed E-state index contributed by atoms with van der Waals surface area (Å²) in [5, 5.41) is 16.3. The van der Waals surface area contributed by atoms with Crippen molar-refractivity contribution in [3.63, 3.8) is 0 Å². The molecule has 1 amide bonds. The molecule has 0 saturated heterocycles. The molecule has 0 radical (unpaired) electrons. The van der Waals surface area contributed by atoms with Gasteiger partial charge in [0.2, 0.25) is 5.91 Å². The number of carboxylic acid groups (broad SMARTS) is 1. The zero-order valence-corrected chi connectivity index (χ0v) is 16.5. The Morgan fingerprint density at radius 1 is 1.07 bits per heavy atom. The van der Waals surface area contributed by atoms with E-state index in [-0.39, 0.29) is 24.9 Å². The van der Waals surface area contributed by atoms with Gasteiger partial charge in [-0.25, -0.2) is 4.79 Å². The number of carboxylic acids is 1. The number of benzene rings is 2. The van der Waals surface area contributed by atoms with Gasteiger partial charge >= 0.3 is 5.97 Å². The lowest BCUT2D eigenvalue weighted by molar-refractivity contribution is -0.141. The molecule has 0 aliphatic heterocycles. The van der Waals surface area contributed by atoms with Gasteiger partial charge in [-0.2, -0.15) is 0 Å². The summed E-state index contributed by atoms with van der Waals surface area (Å²) < 4.78 is 0. The first-order chi connectivity index (χ1) is 14.0. The van der Waals surface area contributed by atoms with E-state index in [2.05, 4.69) is 27.8 Å². The van der Waals surface area contributed by atoms with Crippen molar-refractivity contribution < 1.29 is 14.7 Å². The highest BCUT2D eigenvalue weighted by atomic mass is 16.4. The number of hydrogen-bond donors (Lipinski definition) is 4. The van der Waals surface area contributed by atoms with Gasteiger partial charge in [0.15, 0.2) is 0 Å². The first kappa shape index (κ1) is 20.6. The first-order valence-electron chi connectivity index (χ1n) is 9.87. The van der Waals surface area contributed by atoms with E-state index in [1.807, 2.05) is 49.4 Å². The van der Waals surface area contributed by atoms with Crippen molar-refractivity contribution in [1.29, 1.82) is 0 Å². The van der Waals surface area contributed by atoms with E-state index in [9.17, 15) is 14.7 Å². The van der Waals surface area contributed by atoms with Crippen LogP contribution in [0.5, 0.6) is 0 Å². The Morgan fingerprint density at radius 2 is 1.79 bits per heavy atom. The number of fused-ring (bicyclic) bond motifs is 1. The lowest BCUT2D eigenvalue weighted by atomic mass is 10.0. The lowest BCUT2D eigenvalue weighted by Gasteiger charge is -2.17. The van der Waals surface area contributed by atoms with Gasteiger partial charge in [0, 0.05) is 29.6 Å². The molecule has 4 N–H and O–H groups in total. The summed E-state index contributed by atoms with van der Waals surface area (Å²) >= 11 is 0. The molecule has 6 heteroatoms. The van der Waals surface area contributed by atoms with Crippen LogP contribution >= 0.6 is 0 Å². The van der Waals surface area contributed by atoms with Crippen LogP contribution in [0.1, 0.15) is 24.5 Å². The molecule has 2 atom stereocenters. The Bertz CT molecular complexity index is 952. The molecule has 1 unspecified atom stereocenters. The van der Waals surface area contributed by atoms with E-state index in [1.54, 1.807) is 6.20 Å². The van der Waals surface area contributed by atoms with E-state index < -0.39 is 12.0 Å². The highest BCUT2D eigenvalue weighted by Gasteiger charge is 2.22. The first-order valence-corrected chi connectivity index (χ1v) is 9.87. The van der Waals surface area contributed by atoms with Gasteiger partial charge < -0.3 is 20.7 Å². The van der Waals surface area contributed by atoms with Crippen molar-refractivity contribution in [3.8, 4) is 0 Å².